The summed E-state index contributed by atoms with van der Waals surface area (Å²) in [4.78, 5) is 0. The summed E-state index contributed by atoms with van der Waals surface area (Å²) in [6.45, 7) is 9.12. The second-order valence-corrected chi connectivity index (χ2v) is 4.31. The number of aliphatic hydroxyl groups excluding tert-OH is 1. The minimum absolute atomic E-state index is 0.257. The molecular formula is C12H27NO. The fourth-order valence-electron chi connectivity index (χ4n) is 1.64. The van der Waals surface area contributed by atoms with Crippen LogP contribution in [0.4, 0.5) is 0 Å². The van der Waals surface area contributed by atoms with Crippen LogP contribution in [0.5, 0.6) is 0 Å². The van der Waals surface area contributed by atoms with Gasteiger partial charge in [-0.1, -0.05) is 34.1 Å². The fourth-order valence-corrected chi connectivity index (χ4v) is 1.64. The van der Waals surface area contributed by atoms with Crippen LogP contribution in [0.1, 0.15) is 53.4 Å². The standard InChI is InChI=1S/C12H27NO/c1-5-10(4)8-11(6-2)13-12(7-3)9-14/h10-14H,5-9H2,1-4H3/t10-,11+,12-/m0/s1. The number of nitrogens with one attached hydrogen (secondary N) is 1. The predicted molar refractivity (Wildman–Crippen MR) is 62.5 cm³/mol. The molecule has 0 amide bonds. The average molecular weight is 201 g/mol. The summed E-state index contributed by atoms with van der Waals surface area (Å²) in [5, 5.41) is 12.6. The van der Waals surface area contributed by atoms with Crippen LogP contribution in [0.3, 0.4) is 0 Å². The molecule has 0 fully saturated rings. The van der Waals surface area contributed by atoms with Crippen molar-refractivity contribution in [2.45, 2.75) is 65.5 Å². The molecule has 0 radical (unpaired) electrons. The van der Waals surface area contributed by atoms with Crippen molar-refractivity contribution in [2.24, 2.45) is 5.92 Å². The SMILES string of the molecule is CC[C@H](C)C[C@@H](CC)N[C@@H](CC)CO. The number of rotatable bonds is 8. The van der Waals surface area contributed by atoms with E-state index in [1.54, 1.807) is 0 Å². The van der Waals surface area contributed by atoms with Crippen LogP contribution in [0, 0.1) is 5.92 Å². The van der Waals surface area contributed by atoms with E-state index in [4.69, 9.17) is 5.11 Å². The topological polar surface area (TPSA) is 32.3 Å². The van der Waals surface area contributed by atoms with Crippen molar-refractivity contribution in [1.82, 2.24) is 5.32 Å². The van der Waals surface area contributed by atoms with Crippen LogP contribution in [0.2, 0.25) is 0 Å². The Labute approximate surface area is 89.1 Å². The Morgan fingerprint density at radius 1 is 1.00 bits per heavy atom. The maximum atomic E-state index is 9.10. The van der Waals surface area contributed by atoms with Gasteiger partial charge < -0.3 is 10.4 Å². The molecule has 0 saturated carbocycles. The molecule has 2 N–H and O–H groups in total. The molecule has 0 aliphatic carbocycles. The smallest absolute Gasteiger partial charge is 0.0584 e. The van der Waals surface area contributed by atoms with Crippen LogP contribution >= 0.6 is 0 Å². The van der Waals surface area contributed by atoms with Gasteiger partial charge in [0.05, 0.1) is 6.61 Å². The second kappa shape index (κ2) is 8.25. The van der Waals surface area contributed by atoms with Gasteiger partial charge in [0.25, 0.3) is 0 Å². The zero-order chi connectivity index (χ0) is 11.0. The third kappa shape index (κ3) is 5.61. The minimum Gasteiger partial charge on any atom is -0.395 e. The van der Waals surface area contributed by atoms with Crippen molar-refractivity contribution in [3.8, 4) is 0 Å². The zero-order valence-electron chi connectivity index (χ0n) is 10.2. The molecule has 2 nitrogen and oxygen atoms in total. The lowest BCUT2D eigenvalue weighted by atomic mass is 9.97. The monoisotopic (exact) mass is 201 g/mol. The minimum atomic E-state index is 0.257. The molecule has 0 aromatic heterocycles. The van der Waals surface area contributed by atoms with Crippen LogP contribution in [-0.4, -0.2) is 23.8 Å². The highest BCUT2D eigenvalue weighted by molar-refractivity contribution is 4.73. The highest BCUT2D eigenvalue weighted by atomic mass is 16.3. The molecule has 0 aliphatic rings. The van der Waals surface area contributed by atoms with Crippen molar-refractivity contribution >= 4 is 0 Å². The van der Waals surface area contributed by atoms with Gasteiger partial charge in [-0.15, -0.1) is 0 Å². The fraction of sp³-hybridized carbons (Fsp3) is 1.00. The molecule has 0 heterocycles. The second-order valence-electron chi connectivity index (χ2n) is 4.31. The maximum absolute atomic E-state index is 9.10. The summed E-state index contributed by atoms with van der Waals surface area (Å²) in [6.07, 6.45) is 4.63. The maximum Gasteiger partial charge on any atom is 0.0584 e. The van der Waals surface area contributed by atoms with E-state index >= 15 is 0 Å². The van der Waals surface area contributed by atoms with Gasteiger partial charge in [-0.25, -0.2) is 0 Å². The lowest BCUT2D eigenvalue weighted by Crippen LogP contribution is -2.40. The Hall–Kier alpha value is -0.0800. The van der Waals surface area contributed by atoms with Crippen LogP contribution < -0.4 is 5.32 Å². The van der Waals surface area contributed by atoms with E-state index in [2.05, 4.69) is 33.0 Å². The third-order valence-electron chi connectivity index (χ3n) is 3.06. The van der Waals surface area contributed by atoms with Gasteiger partial charge in [-0.3, -0.25) is 0 Å². The van der Waals surface area contributed by atoms with Gasteiger partial charge >= 0.3 is 0 Å². The average Bonchev–Trinajstić information content (AvgIpc) is 2.23. The van der Waals surface area contributed by atoms with Gasteiger partial charge in [-0.05, 0) is 25.2 Å². The van der Waals surface area contributed by atoms with Crippen LogP contribution in [0.25, 0.3) is 0 Å². The summed E-state index contributed by atoms with van der Waals surface area (Å²) >= 11 is 0. The van der Waals surface area contributed by atoms with Crippen LogP contribution in [0.15, 0.2) is 0 Å². The first-order chi connectivity index (χ1) is 6.67. The summed E-state index contributed by atoms with van der Waals surface area (Å²) < 4.78 is 0. The number of hydrogen-bond donors (Lipinski definition) is 2. The molecule has 3 atom stereocenters. The Kier molecular flexibility index (Phi) is 8.20. The van der Waals surface area contributed by atoms with Crippen molar-refractivity contribution in [1.29, 1.82) is 0 Å². The molecule has 0 saturated heterocycles. The van der Waals surface area contributed by atoms with Crippen LogP contribution in [-0.2, 0) is 0 Å². The lowest BCUT2D eigenvalue weighted by Gasteiger charge is -2.25. The largest absolute Gasteiger partial charge is 0.395 e. The van der Waals surface area contributed by atoms with Gasteiger partial charge in [0, 0.05) is 12.1 Å². The number of hydrogen-bond acceptors (Lipinski definition) is 2. The molecule has 86 valence electrons. The number of aliphatic hydroxyl groups is 1. The predicted octanol–water partition coefficient (Wildman–Crippen LogP) is 2.56. The van der Waals surface area contributed by atoms with E-state index in [9.17, 15) is 0 Å². The molecule has 0 bridgehead atoms. The molecule has 0 aromatic carbocycles. The van der Waals surface area contributed by atoms with Crippen molar-refractivity contribution in [3.63, 3.8) is 0 Å². The highest BCUT2D eigenvalue weighted by Crippen LogP contribution is 2.12. The van der Waals surface area contributed by atoms with E-state index in [0.29, 0.717) is 6.04 Å². The first kappa shape index (κ1) is 13.9. The molecule has 0 aromatic rings. The Morgan fingerprint density at radius 3 is 1.93 bits per heavy atom. The van der Waals surface area contributed by atoms with E-state index in [0.717, 1.165) is 18.8 Å². The van der Waals surface area contributed by atoms with Gasteiger partial charge in [-0.2, -0.15) is 0 Å². The van der Waals surface area contributed by atoms with Crippen molar-refractivity contribution < 1.29 is 5.11 Å². The summed E-state index contributed by atoms with van der Waals surface area (Å²) in [5.41, 5.74) is 0. The molecule has 2 heteroatoms. The van der Waals surface area contributed by atoms with Crippen molar-refractivity contribution in [2.75, 3.05) is 6.61 Å². The quantitative estimate of drug-likeness (QED) is 0.632. The molecule has 0 unspecified atom stereocenters. The van der Waals surface area contributed by atoms with E-state index in [-0.39, 0.29) is 12.6 Å². The summed E-state index contributed by atoms with van der Waals surface area (Å²) in [6, 6.07) is 0.853. The lowest BCUT2D eigenvalue weighted by molar-refractivity contribution is 0.218. The summed E-state index contributed by atoms with van der Waals surface area (Å²) in [7, 11) is 0. The zero-order valence-corrected chi connectivity index (χ0v) is 10.2. The molecule has 0 aliphatic heterocycles. The molecular weight excluding hydrogens is 174 g/mol. The third-order valence-corrected chi connectivity index (χ3v) is 3.06. The van der Waals surface area contributed by atoms with E-state index < -0.39 is 0 Å². The Balaban J connectivity index is 3.88. The Bertz CT molecular complexity index is 123. The van der Waals surface area contributed by atoms with Gasteiger partial charge in [0.15, 0.2) is 0 Å². The first-order valence-corrected chi connectivity index (χ1v) is 6.04. The Morgan fingerprint density at radius 2 is 1.57 bits per heavy atom. The van der Waals surface area contributed by atoms with E-state index in [1.807, 2.05) is 0 Å². The first-order valence-electron chi connectivity index (χ1n) is 6.04. The molecule has 0 rings (SSSR count). The molecule has 14 heavy (non-hydrogen) atoms. The molecule has 0 spiro atoms. The highest BCUT2D eigenvalue weighted by Gasteiger charge is 2.13. The normalized spacial score (nSPS) is 17.8. The van der Waals surface area contributed by atoms with Gasteiger partial charge in [0.2, 0.25) is 0 Å². The van der Waals surface area contributed by atoms with E-state index in [1.165, 1.54) is 12.8 Å². The van der Waals surface area contributed by atoms with Crippen molar-refractivity contribution in [3.05, 3.63) is 0 Å². The summed E-state index contributed by atoms with van der Waals surface area (Å²) in [5.74, 6) is 0.781. The van der Waals surface area contributed by atoms with Gasteiger partial charge in [0.1, 0.15) is 0 Å².